The molecule has 0 aromatic heterocycles. The minimum absolute atomic E-state index is 0.0871. The molecule has 140 valence electrons. The number of ether oxygens (including phenoxy) is 2. The first kappa shape index (κ1) is 20.2. The van der Waals surface area contributed by atoms with Gasteiger partial charge < -0.3 is 9.47 Å². The molecule has 0 radical (unpaired) electrons. The maximum absolute atomic E-state index is 12.7. The molecule has 1 amide bonds. The topological polar surface area (TPSA) is 81.7 Å². The van der Waals surface area contributed by atoms with Crippen molar-refractivity contribution in [1.29, 1.82) is 0 Å². The molecule has 2 aromatic rings. The number of benzene rings is 2. The Morgan fingerprint density at radius 2 is 1.92 bits per heavy atom. The zero-order valence-corrected chi connectivity index (χ0v) is 16.2. The van der Waals surface area contributed by atoms with Gasteiger partial charge >= 0.3 is 0 Å². The van der Waals surface area contributed by atoms with Gasteiger partial charge in [0, 0.05) is 17.7 Å². The molecule has 1 N–H and O–H groups in total. The lowest BCUT2D eigenvalue weighted by molar-refractivity contribution is 0.0900. The number of methoxy groups -OCH3 is 1. The summed E-state index contributed by atoms with van der Waals surface area (Å²) in [5.41, 5.74) is 0.935. The Balaban J connectivity index is 2.34. The van der Waals surface area contributed by atoms with Gasteiger partial charge in [-0.1, -0.05) is 29.8 Å². The second-order valence-corrected chi connectivity index (χ2v) is 7.81. The minimum atomic E-state index is -4.19. The van der Waals surface area contributed by atoms with Crippen LogP contribution in [0.5, 0.6) is 5.75 Å². The van der Waals surface area contributed by atoms with E-state index < -0.39 is 15.9 Å². The van der Waals surface area contributed by atoms with Gasteiger partial charge in [0.25, 0.3) is 15.9 Å². The third kappa shape index (κ3) is 4.97. The fraction of sp³-hybridized carbons (Fsp3) is 0.278. The third-order valence-corrected chi connectivity index (χ3v) is 5.13. The number of nitrogens with one attached hydrogen (secondary N) is 1. The Morgan fingerprint density at radius 1 is 1.23 bits per heavy atom. The van der Waals surface area contributed by atoms with Crippen LogP contribution < -0.4 is 9.46 Å². The van der Waals surface area contributed by atoms with Gasteiger partial charge in [-0.15, -0.1) is 0 Å². The van der Waals surface area contributed by atoms with Gasteiger partial charge in [0.2, 0.25) is 0 Å². The third-order valence-electron chi connectivity index (χ3n) is 3.54. The van der Waals surface area contributed by atoms with Crippen molar-refractivity contribution in [3.63, 3.8) is 0 Å². The van der Waals surface area contributed by atoms with Crippen molar-refractivity contribution in [1.82, 2.24) is 4.72 Å². The molecule has 0 aliphatic rings. The molecule has 0 spiro atoms. The lowest BCUT2D eigenvalue weighted by Gasteiger charge is -2.17. The molecule has 2 rings (SSSR count). The van der Waals surface area contributed by atoms with Crippen molar-refractivity contribution < 1.29 is 22.7 Å². The number of carbonyl (C=O) groups excluding carboxylic acids is 1. The van der Waals surface area contributed by atoms with Gasteiger partial charge in [-0.05, 0) is 43.7 Å². The van der Waals surface area contributed by atoms with E-state index in [0.717, 1.165) is 0 Å². The number of halogens is 1. The summed E-state index contributed by atoms with van der Waals surface area (Å²) in [6.07, 6.45) is -0.387. The van der Waals surface area contributed by atoms with Crippen LogP contribution in [0.15, 0.2) is 47.4 Å². The minimum Gasteiger partial charge on any atom is -0.487 e. The number of amides is 1. The van der Waals surface area contributed by atoms with Crippen LogP contribution in [0, 0.1) is 6.92 Å². The first-order valence-electron chi connectivity index (χ1n) is 7.82. The summed E-state index contributed by atoms with van der Waals surface area (Å²) in [6.45, 7) is 3.74. The lowest BCUT2D eigenvalue weighted by atomic mass is 10.1. The van der Waals surface area contributed by atoms with E-state index >= 15 is 0 Å². The normalized spacial score (nSPS) is 12.5. The van der Waals surface area contributed by atoms with Crippen molar-refractivity contribution >= 4 is 27.5 Å². The zero-order valence-electron chi connectivity index (χ0n) is 14.7. The molecule has 1 unspecified atom stereocenters. The van der Waals surface area contributed by atoms with Crippen molar-refractivity contribution in [2.24, 2.45) is 0 Å². The summed E-state index contributed by atoms with van der Waals surface area (Å²) < 4.78 is 38.2. The van der Waals surface area contributed by atoms with Crippen LogP contribution in [-0.4, -0.2) is 34.1 Å². The maximum atomic E-state index is 12.7. The number of carbonyl (C=O) groups is 1. The van der Waals surface area contributed by atoms with E-state index in [1.807, 2.05) is 0 Å². The van der Waals surface area contributed by atoms with Crippen molar-refractivity contribution in [2.75, 3.05) is 13.7 Å². The quantitative estimate of drug-likeness (QED) is 0.775. The van der Waals surface area contributed by atoms with Crippen LogP contribution >= 0.6 is 11.6 Å². The van der Waals surface area contributed by atoms with E-state index in [0.29, 0.717) is 5.56 Å². The molecule has 2 aromatic carbocycles. The van der Waals surface area contributed by atoms with Crippen molar-refractivity contribution in [2.45, 2.75) is 24.8 Å². The predicted octanol–water partition coefficient (Wildman–Crippen LogP) is 3.18. The van der Waals surface area contributed by atoms with Gasteiger partial charge in [0.15, 0.2) is 0 Å². The molecule has 0 heterocycles. The number of sulfonamides is 1. The van der Waals surface area contributed by atoms with Gasteiger partial charge in [-0.3, -0.25) is 4.79 Å². The zero-order chi connectivity index (χ0) is 19.3. The standard InChI is InChI=1S/C18H20ClNO5S/c1-12-6-4-5-7-15(12)18(21)20-26(22,23)17-10-14(19)8-9-16(17)25-13(2)11-24-3/h4-10,13H,11H2,1-3H3,(H,20,21). The van der Waals surface area contributed by atoms with E-state index in [1.165, 1.54) is 25.3 Å². The van der Waals surface area contributed by atoms with Crippen LogP contribution in [0.3, 0.4) is 0 Å². The van der Waals surface area contributed by atoms with E-state index in [1.54, 1.807) is 38.1 Å². The largest absolute Gasteiger partial charge is 0.487 e. The fourth-order valence-electron chi connectivity index (χ4n) is 2.33. The summed E-state index contributed by atoms with van der Waals surface area (Å²) in [5, 5.41) is 0.209. The van der Waals surface area contributed by atoms with Crippen LogP contribution in [0.1, 0.15) is 22.8 Å². The van der Waals surface area contributed by atoms with E-state index in [-0.39, 0.29) is 33.9 Å². The molecule has 0 aliphatic heterocycles. The Bertz CT molecular complexity index is 898. The Labute approximate surface area is 158 Å². The van der Waals surface area contributed by atoms with Crippen molar-refractivity contribution in [3.05, 3.63) is 58.6 Å². The smallest absolute Gasteiger partial charge is 0.268 e. The Kier molecular flexibility index (Phi) is 6.63. The highest BCUT2D eigenvalue weighted by atomic mass is 35.5. The highest BCUT2D eigenvalue weighted by Gasteiger charge is 2.25. The van der Waals surface area contributed by atoms with Gasteiger partial charge in [-0.25, -0.2) is 13.1 Å². The Morgan fingerprint density at radius 3 is 2.58 bits per heavy atom. The number of hydrogen-bond donors (Lipinski definition) is 1. The lowest BCUT2D eigenvalue weighted by Crippen LogP contribution is -2.31. The molecule has 0 saturated carbocycles. The van der Waals surface area contributed by atoms with Crippen LogP contribution in [0.25, 0.3) is 0 Å². The van der Waals surface area contributed by atoms with Crippen LogP contribution in [0.2, 0.25) is 5.02 Å². The fourth-order valence-corrected chi connectivity index (χ4v) is 3.70. The summed E-state index contributed by atoms with van der Waals surface area (Å²) in [4.78, 5) is 12.2. The average molecular weight is 398 g/mol. The maximum Gasteiger partial charge on any atom is 0.268 e. The summed E-state index contributed by atoms with van der Waals surface area (Å²) in [5.74, 6) is -0.636. The molecule has 1 atom stereocenters. The molecular weight excluding hydrogens is 378 g/mol. The Hall–Kier alpha value is -2.09. The second-order valence-electron chi connectivity index (χ2n) is 5.72. The van der Waals surface area contributed by atoms with E-state index in [4.69, 9.17) is 21.1 Å². The number of aryl methyl sites for hydroxylation is 1. The molecule has 0 fully saturated rings. The van der Waals surface area contributed by atoms with Crippen LogP contribution in [-0.2, 0) is 14.8 Å². The highest BCUT2D eigenvalue weighted by Crippen LogP contribution is 2.28. The van der Waals surface area contributed by atoms with Crippen LogP contribution in [0.4, 0.5) is 0 Å². The van der Waals surface area contributed by atoms with E-state index in [2.05, 4.69) is 4.72 Å². The number of hydrogen-bond acceptors (Lipinski definition) is 5. The van der Waals surface area contributed by atoms with Gasteiger partial charge in [0.05, 0.1) is 6.61 Å². The molecule has 26 heavy (non-hydrogen) atoms. The van der Waals surface area contributed by atoms with Crippen molar-refractivity contribution in [3.8, 4) is 5.75 Å². The summed E-state index contributed by atoms with van der Waals surface area (Å²) in [7, 11) is -2.67. The molecular formula is C18H20ClNO5S. The SMILES string of the molecule is COCC(C)Oc1ccc(Cl)cc1S(=O)(=O)NC(=O)c1ccccc1C. The molecule has 0 saturated heterocycles. The molecule has 8 heteroatoms. The molecule has 6 nitrogen and oxygen atoms in total. The molecule has 0 bridgehead atoms. The monoisotopic (exact) mass is 397 g/mol. The molecule has 0 aliphatic carbocycles. The van der Waals surface area contributed by atoms with Gasteiger partial charge in [-0.2, -0.15) is 0 Å². The summed E-state index contributed by atoms with van der Waals surface area (Å²) >= 11 is 5.94. The average Bonchev–Trinajstić information content (AvgIpc) is 2.56. The predicted molar refractivity (Wildman–Crippen MR) is 99.2 cm³/mol. The van der Waals surface area contributed by atoms with Gasteiger partial charge in [0.1, 0.15) is 16.7 Å². The first-order valence-corrected chi connectivity index (χ1v) is 9.68. The number of rotatable bonds is 7. The highest BCUT2D eigenvalue weighted by molar-refractivity contribution is 7.90. The first-order chi connectivity index (χ1) is 12.2. The second kappa shape index (κ2) is 8.53. The summed E-state index contributed by atoms with van der Waals surface area (Å²) in [6, 6.07) is 10.9. The van der Waals surface area contributed by atoms with E-state index in [9.17, 15) is 13.2 Å².